The largest absolute Gasteiger partial charge is 0.416 e. The molecule has 2 aliphatic rings. The van der Waals surface area contributed by atoms with Crippen molar-refractivity contribution >= 4 is 40.6 Å². The van der Waals surface area contributed by atoms with E-state index in [-0.39, 0.29) is 12.1 Å². The normalized spacial score (nSPS) is 22.7. The number of rotatable bonds is 3. The Morgan fingerprint density at radius 1 is 0.879 bits per heavy atom. The zero-order chi connectivity index (χ0) is 23.4. The minimum Gasteiger partial charge on any atom is -0.288 e. The molecule has 0 aromatic heterocycles. The van der Waals surface area contributed by atoms with Crippen LogP contribution < -0.4 is 9.80 Å². The van der Waals surface area contributed by atoms with Crippen LogP contribution in [-0.4, -0.2) is 12.1 Å². The van der Waals surface area contributed by atoms with Gasteiger partial charge in [0.1, 0.15) is 0 Å². The Morgan fingerprint density at radius 2 is 1.48 bits per heavy atom. The minimum atomic E-state index is -4.48. The molecule has 2 amide bonds. The van der Waals surface area contributed by atoms with Gasteiger partial charge < -0.3 is 0 Å². The van der Waals surface area contributed by atoms with Gasteiger partial charge >= 0.3 is 12.2 Å². The van der Waals surface area contributed by atoms with Crippen molar-refractivity contribution in [2.75, 3.05) is 9.80 Å². The highest BCUT2D eigenvalue weighted by molar-refractivity contribution is 6.31. The van der Waals surface area contributed by atoms with Crippen LogP contribution in [0.2, 0.25) is 10.0 Å². The molecule has 0 unspecified atom stereocenters. The summed E-state index contributed by atoms with van der Waals surface area (Å²) in [5.41, 5.74) is 0.0357. The molecule has 0 bridgehead atoms. The van der Waals surface area contributed by atoms with E-state index in [0.29, 0.717) is 39.8 Å². The second kappa shape index (κ2) is 7.96. The van der Waals surface area contributed by atoms with Crippen molar-refractivity contribution in [2.45, 2.75) is 37.0 Å². The molecule has 3 nitrogen and oxygen atoms in total. The Bertz CT molecular complexity index is 1200. The van der Waals surface area contributed by atoms with Gasteiger partial charge in [-0.05, 0) is 85.5 Å². The maximum absolute atomic E-state index is 13.9. The molecule has 3 aromatic rings. The lowest BCUT2D eigenvalue weighted by molar-refractivity contribution is -0.137. The predicted molar refractivity (Wildman–Crippen MR) is 124 cm³/mol. The van der Waals surface area contributed by atoms with Crippen LogP contribution in [0.4, 0.5) is 29.3 Å². The molecule has 1 aliphatic heterocycles. The predicted octanol–water partition coefficient (Wildman–Crippen LogP) is 7.91. The van der Waals surface area contributed by atoms with Crippen molar-refractivity contribution in [3.63, 3.8) is 0 Å². The van der Waals surface area contributed by atoms with Gasteiger partial charge in [0.05, 0.1) is 17.1 Å². The van der Waals surface area contributed by atoms with E-state index < -0.39 is 17.3 Å². The molecule has 5 rings (SSSR count). The number of anilines is 2. The van der Waals surface area contributed by atoms with E-state index in [1.165, 1.54) is 12.1 Å². The number of alkyl halides is 3. The van der Waals surface area contributed by atoms with Crippen LogP contribution >= 0.6 is 23.2 Å². The number of carbonyl (C=O) groups is 1. The van der Waals surface area contributed by atoms with Crippen molar-refractivity contribution in [2.24, 2.45) is 0 Å². The van der Waals surface area contributed by atoms with Gasteiger partial charge in [-0.15, -0.1) is 0 Å². The van der Waals surface area contributed by atoms with Gasteiger partial charge in [-0.1, -0.05) is 35.3 Å². The average molecular weight is 491 g/mol. The van der Waals surface area contributed by atoms with Crippen molar-refractivity contribution in [3.8, 4) is 0 Å². The second-order valence-corrected chi connectivity index (χ2v) is 9.22. The second-order valence-electron chi connectivity index (χ2n) is 8.35. The molecule has 3 aromatic carbocycles. The fourth-order valence-electron chi connectivity index (χ4n) is 5.24. The summed E-state index contributed by atoms with van der Waals surface area (Å²) in [6, 6.07) is 18.5. The number of amides is 2. The fraction of sp³-hybridized carbons (Fsp3) is 0.240. The summed E-state index contributed by atoms with van der Waals surface area (Å²) in [6.07, 6.45) is -2.52. The molecule has 1 heterocycles. The van der Waals surface area contributed by atoms with E-state index in [1.807, 2.05) is 0 Å². The zero-order valence-corrected chi connectivity index (χ0v) is 18.8. The summed E-state index contributed by atoms with van der Waals surface area (Å²) in [5.74, 6) is 0. The highest BCUT2D eigenvalue weighted by Crippen LogP contribution is 2.54. The lowest BCUT2D eigenvalue weighted by Crippen LogP contribution is -2.46. The summed E-state index contributed by atoms with van der Waals surface area (Å²) in [5, 5.41) is 1.05. The molecule has 0 N–H and O–H groups in total. The van der Waals surface area contributed by atoms with E-state index in [9.17, 15) is 18.0 Å². The first-order chi connectivity index (χ1) is 15.7. The minimum absolute atomic E-state index is 0.290. The molecule has 8 heteroatoms. The molecular weight excluding hydrogens is 472 g/mol. The molecule has 0 spiro atoms. The summed E-state index contributed by atoms with van der Waals surface area (Å²) in [6.45, 7) is 0. The van der Waals surface area contributed by atoms with Crippen molar-refractivity contribution in [3.05, 3.63) is 94.0 Å². The van der Waals surface area contributed by atoms with E-state index in [4.69, 9.17) is 23.2 Å². The van der Waals surface area contributed by atoms with E-state index in [0.717, 1.165) is 12.5 Å². The smallest absolute Gasteiger partial charge is 0.288 e. The fourth-order valence-corrected chi connectivity index (χ4v) is 5.49. The topological polar surface area (TPSA) is 23.6 Å². The average Bonchev–Trinajstić information content (AvgIpc) is 3.31. The third-order valence-corrected chi connectivity index (χ3v) is 7.08. The Morgan fingerprint density at radius 3 is 2.09 bits per heavy atom. The molecule has 1 aliphatic carbocycles. The van der Waals surface area contributed by atoms with E-state index in [1.54, 1.807) is 64.4 Å². The summed E-state index contributed by atoms with van der Waals surface area (Å²) < 4.78 is 40.8. The standard InChI is InChI=1S/C25H19Cl2F3N2O/c26-18-6-10-20(11-7-18)31-22-5-2-14-24(22,16-3-1-4-17(15-16)25(28,29)30)32(23(31)33)21-12-8-19(27)9-13-21/h1,3-4,6-13,15,22H,2,5,14H2/t22-,24-/m1/s1. The van der Waals surface area contributed by atoms with Crippen LogP contribution in [0.5, 0.6) is 0 Å². The van der Waals surface area contributed by atoms with Gasteiger partial charge in [0.15, 0.2) is 0 Å². The van der Waals surface area contributed by atoms with Crippen LogP contribution in [0.3, 0.4) is 0 Å². The maximum atomic E-state index is 13.9. The zero-order valence-electron chi connectivity index (χ0n) is 17.3. The molecule has 33 heavy (non-hydrogen) atoms. The number of halogens is 5. The van der Waals surface area contributed by atoms with Crippen molar-refractivity contribution in [1.29, 1.82) is 0 Å². The Hall–Kier alpha value is -2.70. The Balaban J connectivity index is 1.73. The number of benzene rings is 3. The monoisotopic (exact) mass is 490 g/mol. The van der Waals surface area contributed by atoms with Crippen LogP contribution in [-0.2, 0) is 11.7 Å². The number of urea groups is 1. The first kappa shape index (κ1) is 22.1. The van der Waals surface area contributed by atoms with E-state index >= 15 is 0 Å². The molecule has 0 radical (unpaired) electrons. The van der Waals surface area contributed by atoms with Crippen LogP contribution in [0.25, 0.3) is 0 Å². The molecule has 2 atom stereocenters. The maximum Gasteiger partial charge on any atom is 0.416 e. The quantitative estimate of drug-likeness (QED) is 0.365. The van der Waals surface area contributed by atoms with Crippen LogP contribution in [0.1, 0.15) is 30.4 Å². The Kier molecular flexibility index (Phi) is 5.33. The molecular formula is C25H19Cl2F3N2O. The van der Waals surface area contributed by atoms with Gasteiger partial charge in [0.2, 0.25) is 0 Å². The summed E-state index contributed by atoms with van der Waals surface area (Å²) >= 11 is 12.1. The van der Waals surface area contributed by atoms with Crippen molar-refractivity contribution < 1.29 is 18.0 Å². The third-order valence-electron chi connectivity index (χ3n) is 6.57. The van der Waals surface area contributed by atoms with Gasteiger partial charge in [0.25, 0.3) is 0 Å². The lowest BCUT2D eigenvalue weighted by Gasteiger charge is -2.38. The van der Waals surface area contributed by atoms with Gasteiger partial charge in [-0.3, -0.25) is 9.80 Å². The van der Waals surface area contributed by atoms with Crippen LogP contribution in [0.15, 0.2) is 72.8 Å². The van der Waals surface area contributed by atoms with E-state index in [2.05, 4.69) is 0 Å². The van der Waals surface area contributed by atoms with Gasteiger partial charge in [-0.25, -0.2) is 4.79 Å². The van der Waals surface area contributed by atoms with Crippen molar-refractivity contribution in [1.82, 2.24) is 0 Å². The highest BCUT2D eigenvalue weighted by atomic mass is 35.5. The molecule has 2 fully saturated rings. The third kappa shape index (κ3) is 3.56. The first-order valence-corrected chi connectivity index (χ1v) is 11.3. The van der Waals surface area contributed by atoms with Crippen LogP contribution in [0, 0.1) is 0 Å². The lowest BCUT2D eigenvalue weighted by atomic mass is 9.83. The SMILES string of the molecule is O=C1N(c2ccc(Cl)cc2)[C@@H]2CCC[C@]2(c2cccc(C(F)(F)F)c2)N1c1ccc(Cl)cc1. The summed E-state index contributed by atoms with van der Waals surface area (Å²) in [4.78, 5) is 17.3. The summed E-state index contributed by atoms with van der Waals surface area (Å²) in [7, 11) is 0. The number of hydrogen-bond acceptors (Lipinski definition) is 1. The number of hydrogen-bond donors (Lipinski definition) is 0. The van der Waals surface area contributed by atoms with Gasteiger partial charge in [-0.2, -0.15) is 13.2 Å². The molecule has 170 valence electrons. The Labute approximate surface area is 199 Å². The number of fused-ring (bicyclic) bond motifs is 1. The number of carbonyl (C=O) groups excluding carboxylic acids is 1. The highest BCUT2D eigenvalue weighted by Gasteiger charge is 2.61. The molecule has 1 saturated carbocycles. The first-order valence-electron chi connectivity index (χ1n) is 10.5. The number of nitrogens with zero attached hydrogens (tertiary/aromatic N) is 2. The van der Waals surface area contributed by atoms with Gasteiger partial charge in [0, 0.05) is 21.4 Å². The molecule has 1 saturated heterocycles.